The highest BCUT2D eigenvalue weighted by atomic mass is 35.5. The molecule has 1 aromatic heterocycles. The number of H-pyrrole nitrogens is 1. The summed E-state index contributed by atoms with van der Waals surface area (Å²) < 4.78 is 0. The largest absolute Gasteiger partial charge is 0.375 e. The van der Waals surface area contributed by atoms with Gasteiger partial charge in [-0.2, -0.15) is 5.10 Å². The molecule has 82 valence electrons. The van der Waals surface area contributed by atoms with Gasteiger partial charge in [0.25, 0.3) is 0 Å². The van der Waals surface area contributed by atoms with Gasteiger partial charge in [0.2, 0.25) is 0 Å². The Balaban J connectivity index is 2.26. The maximum absolute atomic E-state index is 5.85. The van der Waals surface area contributed by atoms with E-state index in [2.05, 4.69) is 32.7 Å². The van der Waals surface area contributed by atoms with Crippen LogP contribution in [0, 0.1) is 0 Å². The van der Waals surface area contributed by atoms with Gasteiger partial charge in [-0.1, -0.05) is 11.6 Å². The number of fused-ring (bicyclic) bond motifs is 1. The summed E-state index contributed by atoms with van der Waals surface area (Å²) in [5.41, 5.74) is 9.32. The predicted octanol–water partition coefficient (Wildman–Crippen LogP) is 1.38. The normalized spacial score (nSPS) is 11.1. The SMILES string of the molecule is NC(=S)NN=Cc1nc2ccc(Cl)cc2[nH]1. The van der Waals surface area contributed by atoms with Crippen LogP contribution >= 0.6 is 23.8 Å². The van der Waals surface area contributed by atoms with Crippen molar-refractivity contribution < 1.29 is 0 Å². The maximum atomic E-state index is 5.85. The average molecular weight is 254 g/mol. The van der Waals surface area contributed by atoms with Crippen LogP contribution in [0.15, 0.2) is 23.3 Å². The zero-order chi connectivity index (χ0) is 11.5. The van der Waals surface area contributed by atoms with Gasteiger partial charge in [0.15, 0.2) is 10.9 Å². The summed E-state index contributed by atoms with van der Waals surface area (Å²) >= 11 is 10.4. The lowest BCUT2D eigenvalue weighted by molar-refractivity contribution is 1.04. The van der Waals surface area contributed by atoms with Crippen LogP contribution in [0.2, 0.25) is 5.02 Å². The van der Waals surface area contributed by atoms with E-state index in [4.69, 9.17) is 17.3 Å². The lowest BCUT2D eigenvalue weighted by atomic mass is 10.3. The van der Waals surface area contributed by atoms with E-state index in [9.17, 15) is 0 Å². The van der Waals surface area contributed by atoms with Crippen molar-refractivity contribution in [3.8, 4) is 0 Å². The predicted molar refractivity (Wildman–Crippen MR) is 68.6 cm³/mol. The van der Waals surface area contributed by atoms with E-state index in [1.54, 1.807) is 12.1 Å². The van der Waals surface area contributed by atoms with E-state index in [0.717, 1.165) is 11.0 Å². The number of rotatable bonds is 2. The van der Waals surface area contributed by atoms with Crippen LogP contribution in [0.5, 0.6) is 0 Å². The molecule has 5 nitrogen and oxygen atoms in total. The number of aromatic amines is 1. The summed E-state index contributed by atoms with van der Waals surface area (Å²) in [7, 11) is 0. The zero-order valence-corrected chi connectivity index (χ0v) is 9.64. The number of nitrogens with two attached hydrogens (primary N) is 1. The lowest BCUT2D eigenvalue weighted by Crippen LogP contribution is -2.24. The van der Waals surface area contributed by atoms with Gasteiger partial charge in [-0.05, 0) is 30.4 Å². The van der Waals surface area contributed by atoms with Crippen LogP contribution in [0.1, 0.15) is 5.82 Å². The number of halogens is 1. The molecule has 0 aliphatic carbocycles. The molecular weight excluding hydrogens is 246 g/mol. The van der Waals surface area contributed by atoms with Gasteiger partial charge in [0.1, 0.15) is 0 Å². The number of hydrazone groups is 1. The van der Waals surface area contributed by atoms with E-state index in [0.29, 0.717) is 10.8 Å². The first kappa shape index (κ1) is 10.8. The first-order chi connectivity index (χ1) is 7.65. The number of nitrogens with one attached hydrogen (secondary N) is 2. The molecule has 2 rings (SSSR count). The lowest BCUT2D eigenvalue weighted by Gasteiger charge is -1.91. The maximum Gasteiger partial charge on any atom is 0.184 e. The fourth-order valence-corrected chi connectivity index (χ4v) is 1.44. The minimum absolute atomic E-state index is 0.107. The van der Waals surface area contributed by atoms with Gasteiger partial charge in [-0.15, -0.1) is 0 Å². The van der Waals surface area contributed by atoms with Crippen LogP contribution in [0.25, 0.3) is 11.0 Å². The van der Waals surface area contributed by atoms with Gasteiger partial charge in [-0.3, -0.25) is 5.43 Å². The molecule has 0 amide bonds. The molecule has 0 fully saturated rings. The van der Waals surface area contributed by atoms with Gasteiger partial charge >= 0.3 is 0 Å². The summed E-state index contributed by atoms with van der Waals surface area (Å²) in [5, 5.41) is 4.55. The summed E-state index contributed by atoms with van der Waals surface area (Å²) in [6.45, 7) is 0. The molecule has 0 bridgehead atoms. The molecule has 0 unspecified atom stereocenters. The van der Waals surface area contributed by atoms with Gasteiger partial charge in [-0.25, -0.2) is 4.98 Å². The van der Waals surface area contributed by atoms with Crippen LogP contribution in [0.4, 0.5) is 0 Å². The molecule has 0 radical (unpaired) electrons. The summed E-state index contributed by atoms with van der Waals surface area (Å²) in [6.07, 6.45) is 1.49. The van der Waals surface area contributed by atoms with Crippen molar-refractivity contribution in [2.24, 2.45) is 10.8 Å². The molecule has 0 aliphatic heterocycles. The summed E-state index contributed by atoms with van der Waals surface area (Å²) in [4.78, 5) is 7.30. The molecule has 0 saturated heterocycles. The third-order valence-corrected chi connectivity index (χ3v) is 2.15. The number of thiocarbonyl (C=S) groups is 1. The Labute approximate surface area is 102 Å². The van der Waals surface area contributed by atoms with Crippen molar-refractivity contribution in [2.75, 3.05) is 0 Å². The van der Waals surface area contributed by atoms with E-state index in [1.807, 2.05) is 6.07 Å². The van der Waals surface area contributed by atoms with Crippen molar-refractivity contribution in [3.63, 3.8) is 0 Å². The topological polar surface area (TPSA) is 79.1 Å². The number of hydrogen-bond donors (Lipinski definition) is 3. The summed E-state index contributed by atoms with van der Waals surface area (Å²) in [5.74, 6) is 0.598. The Kier molecular flexibility index (Phi) is 3.02. The first-order valence-electron chi connectivity index (χ1n) is 4.39. The molecule has 7 heteroatoms. The van der Waals surface area contributed by atoms with Gasteiger partial charge in [0.05, 0.1) is 17.2 Å². The monoisotopic (exact) mass is 253 g/mol. The Hall–Kier alpha value is -1.66. The summed E-state index contributed by atoms with van der Waals surface area (Å²) in [6, 6.07) is 5.40. The van der Waals surface area contributed by atoms with E-state index in [-0.39, 0.29) is 5.11 Å². The fraction of sp³-hybridized carbons (Fsp3) is 0. The molecule has 16 heavy (non-hydrogen) atoms. The van der Waals surface area contributed by atoms with Gasteiger partial charge in [0, 0.05) is 5.02 Å². The van der Waals surface area contributed by atoms with E-state index >= 15 is 0 Å². The van der Waals surface area contributed by atoms with Crippen molar-refractivity contribution in [2.45, 2.75) is 0 Å². The molecule has 1 aromatic carbocycles. The molecule has 0 saturated carbocycles. The second-order valence-corrected chi connectivity index (χ2v) is 3.89. The second-order valence-electron chi connectivity index (χ2n) is 3.02. The standard InChI is InChI=1S/C9H8ClN5S/c10-5-1-2-6-7(3-5)14-8(13-6)4-12-15-9(11)16/h1-4H,(H,13,14)(H3,11,15,16). The Morgan fingerprint density at radius 1 is 1.62 bits per heavy atom. The minimum atomic E-state index is 0.107. The molecule has 0 atom stereocenters. The molecular formula is C9H8ClN5S. The van der Waals surface area contributed by atoms with E-state index in [1.165, 1.54) is 6.21 Å². The molecule has 0 aliphatic rings. The minimum Gasteiger partial charge on any atom is -0.375 e. The number of imidazole rings is 1. The third kappa shape index (κ3) is 2.47. The zero-order valence-electron chi connectivity index (χ0n) is 8.07. The number of aromatic nitrogens is 2. The van der Waals surface area contributed by atoms with Gasteiger partial charge < -0.3 is 10.7 Å². The smallest absolute Gasteiger partial charge is 0.184 e. The molecule has 2 aromatic rings. The van der Waals surface area contributed by atoms with Crippen LogP contribution in [-0.2, 0) is 0 Å². The van der Waals surface area contributed by atoms with Crippen molar-refractivity contribution in [1.29, 1.82) is 0 Å². The van der Waals surface area contributed by atoms with Crippen LogP contribution < -0.4 is 11.2 Å². The number of nitrogens with zero attached hydrogens (tertiary/aromatic N) is 2. The molecule has 4 N–H and O–H groups in total. The highest BCUT2D eigenvalue weighted by Gasteiger charge is 2.00. The number of hydrogen-bond acceptors (Lipinski definition) is 3. The third-order valence-electron chi connectivity index (χ3n) is 1.82. The van der Waals surface area contributed by atoms with Crippen molar-refractivity contribution >= 4 is 46.2 Å². The Bertz CT molecular complexity index is 562. The highest BCUT2D eigenvalue weighted by molar-refractivity contribution is 7.80. The quantitative estimate of drug-likeness (QED) is 0.429. The fourth-order valence-electron chi connectivity index (χ4n) is 1.22. The van der Waals surface area contributed by atoms with E-state index < -0.39 is 0 Å². The van der Waals surface area contributed by atoms with Crippen molar-refractivity contribution in [1.82, 2.24) is 15.4 Å². The number of benzene rings is 1. The highest BCUT2D eigenvalue weighted by Crippen LogP contribution is 2.16. The second kappa shape index (κ2) is 4.46. The molecule has 1 heterocycles. The first-order valence-corrected chi connectivity index (χ1v) is 5.17. The van der Waals surface area contributed by atoms with Crippen LogP contribution in [0.3, 0.4) is 0 Å². The average Bonchev–Trinajstić information content (AvgIpc) is 2.58. The van der Waals surface area contributed by atoms with Crippen molar-refractivity contribution in [3.05, 3.63) is 29.0 Å². The molecule has 0 spiro atoms. The van der Waals surface area contributed by atoms with Crippen LogP contribution in [-0.4, -0.2) is 21.3 Å². The Morgan fingerprint density at radius 2 is 2.44 bits per heavy atom. The Morgan fingerprint density at radius 3 is 3.19 bits per heavy atom.